The summed E-state index contributed by atoms with van der Waals surface area (Å²) < 4.78 is 5.54. The summed E-state index contributed by atoms with van der Waals surface area (Å²) >= 11 is 0. The molecule has 2 N–H and O–H groups in total. The molecular weight excluding hydrogens is 262 g/mol. The second-order valence-electron chi connectivity index (χ2n) is 6.29. The van der Waals surface area contributed by atoms with Gasteiger partial charge in [0.1, 0.15) is 0 Å². The van der Waals surface area contributed by atoms with Crippen LogP contribution in [0.1, 0.15) is 45.6 Å². The third-order valence-electron chi connectivity index (χ3n) is 3.54. The molecule has 0 spiro atoms. The highest BCUT2D eigenvalue weighted by Gasteiger charge is 2.07. The lowest BCUT2D eigenvalue weighted by Crippen LogP contribution is -2.35. The Balaban J connectivity index is 2.04. The van der Waals surface area contributed by atoms with Crippen molar-refractivity contribution in [3.63, 3.8) is 0 Å². The smallest absolute Gasteiger partial charge is 0.0897 e. The van der Waals surface area contributed by atoms with Crippen LogP contribution in [0, 0.1) is 5.92 Å². The second-order valence-corrected chi connectivity index (χ2v) is 6.29. The molecule has 3 nitrogen and oxygen atoms in total. The highest BCUT2D eigenvalue weighted by Crippen LogP contribution is 2.08. The zero-order valence-corrected chi connectivity index (χ0v) is 13.7. The standard InChI is InChI=1S/C18H31NO2/c1-15(2)8-7-9-16(3)19-12-18(20)14-21-13-17-10-5-4-6-11-17/h4-6,10-11,15-16,18-20H,7-9,12-14H2,1-3H3. The number of ether oxygens (including phenoxy) is 1. The van der Waals surface area contributed by atoms with Crippen LogP contribution in [-0.4, -0.2) is 30.4 Å². The topological polar surface area (TPSA) is 41.5 Å². The number of aliphatic hydroxyl groups excluding tert-OH is 1. The van der Waals surface area contributed by atoms with Crippen molar-refractivity contribution < 1.29 is 9.84 Å². The molecule has 0 bridgehead atoms. The van der Waals surface area contributed by atoms with Crippen LogP contribution in [0.25, 0.3) is 0 Å². The molecular formula is C18H31NO2. The zero-order chi connectivity index (χ0) is 15.5. The summed E-state index contributed by atoms with van der Waals surface area (Å²) in [4.78, 5) is 0. The molecule has 120 valence electrons. The number of benzene rings is 1. The fourth-order valence-electron chi connectivity index (χ4n) is 2.22. The molecule has 21 heavy (non-hydrogen) atoms. The predicted molar refractivity (Wildman–Crippen MR) is 88.3 cm³/mol. The van der Waals surface area contributed by atoms with Crippen molar-refractivity contribution in [2.75, 3.05) is 13.2 Å². The number of aliphatic hydroxyl groups is 1. The third-order valence-corrected chi connectivity index (χ3v) is 3.54. The van der Waals surface area contributed by atoms with E-state index in [0.717, 1.165) is 17.9 Å². The van der Waals surface area contributed by atoms with Crippen molar-refractivity contribution in [3.05, 3.63) is 35.9 Å². The van der Waals surface area contributed by atoms with Gasteiger partial charge in [-0.25, -0.2) is 0 Å². The SMILES string of the molecule is CC(C)CCCC(C)NCC(O)COCc1ccccc1. The average Bonchev–Trinajstić information content (AvgIpc) is 2.46. The van der Waals surface area contributed by atoms with Crippen LogP contribution in [-0.2, 0) is 11.3 Å². The monoisotopic (exact) mass is 293 g/mol. The highest BCUT2D eigenvalue weighted by atomic mass is 16.5. The van der Waals surface area contributed by atoms with E-state index in [1.807, 2.05) is 30.3 Å². The second kappa shape index (κ2) is 10.8. The first kappa shape index (κ1) is 18.1. The Bertz CT molecular complexity index is 353. The lowest BCUT2D eigenvalue weighted by Gasteiger charge is -2.17. The molecule has 1 aromatic rings. The van der Waals surface area contributed by atoms with E-state index in [1.165, 1.54) is 12.8 Å². The molecule has 0 heterocycles. The number of rotatable bonds is 11. The summed E-state index contributed by atoms with van der Waals surface area (Å²) in [6.45, 7) is 8.22. The summed E-state index contributed by atoms with van der Waals surface area (Å²) in [6, 6.07) is 10.5. The number of hydrogen-bond acceptors (Lipinski definition) is 3. The maximum Gasteiger partial charge on any atom is 0.0897 e. The van der Waals surface area contributed by atoms with Gasteiger partial charge in [0.05, 0.1) is 19.3 Å². The first-order valence-electron chi connectivity index (χ1n) is 8.11. The molecule has 0 saturated carbocycles. The molecule has 0 aliphatic carbocycles. The fraction of sp³-hybridized carbons (Fsp3) is 0.667. The van der Waals surface area contributed by atoms with Crippen LogP contribution in [0.4, 0.5) is 0 Å². The average molecular weight is 293 g/mol. The van der Waals surface area contributed by atoms with E-state index < -0.39 is 6.10 Å². The Kier molecular flexibility index (Phi) is 9.31. The van der Waals surface area contributed by atoms with Crippen molar-refractivity contribution in [2.24, 2.45) is 5.92 Å². The molecule has 0 aliphatic heterocycles. The van der Waals surface area contributed by atoms with E-state index in [0.29, 0.717) is 25.8 Å². The van der Waals surface area contributed by atoms with Crippen molar-refractivity contribution >= 4 is 0 Å². The minimum atomic E-state index is -0.443. The maximum absolute atomic E-state index is 9.90. The molecule has 1 rings (SSSR count). The largest absolute Gasteiger partial charge is 0.389 e. The van der Waals surface area contributed by atoms with Gasteiger partial charge in [-0.1, -0.05) is 57.0 Å². The van der Waals surface area contributed by atoms with E-state index in [9.17, 15) is 5.11 Å². The van der Waals surface area contributed by atoms with Gasteiger partial charge in [-0.05, 0) is 24.8 Å². The van der Waals surface area contributed by atoms with Gasteiger partial charge in [-0.3, -0.25) is 0 Å². The summed E-state index contributed by atoms with van der Waals surface area (Å²) in [6.07, 6.45) is 3.23. The maximum atomic E-state index is 9.90. The quantitative estimate of drug-likeness (QED) is 0.657. The van der Waals surface area contributed by atoms with Gasteiger partial charge in [0.2, 0.25) is 0 Å². The fourth-order valence-corrected chi connectivity index (χ4v) is 2.22. The molecule has 1 aromatic carbocycles. The minimum Gasteiger partial charge on any atom is -0.389 e. The summed E-state index contributed by atoms with van der Waals surface area (Å²) in [5.41, 5.74) is 1.14. The molecule has 0 fully saturated rings. The van der Waals surface area contributed by atoms with Crippen molar-refractivity contribution in [1.29, 1.82) is 0 Å². The van der Waals surface area contributed by atoms with Crippen LogP contribution >= 0.6 is 0 Å². The normalized spacial score (nSPS) is 14.3. The summed E-state index contributed by atoms with van der Waals surface area (Å²) in [5.74, 6) is 0.772. The summed E-state index contributed by atoms with van der Waals surface area (Å²) in [7, 11) is 0. The number of hydrogen-bond donors (Lipinski definition) is 2. The number of nitrogens with one attached hydrogen (secondary N) is 1. The van der Waals surface area contributed by atoms with Crippen LogP contribution in [0.5, 0.6) is 0 Å². The van der Waals surface area contributed by atoms with Crippen molar-refractivity contribution in [2.45, 2.75) is 58.8 Å². The van der Waals surface area contributed by atoms with Gasteiger partial charge in [-0.2, -0.15) is 0 Å². The Labute approximate surface area is 129 Å². The molecule has 2 atom stereocenters. The zero-order valence-electron chi connectivity index (χ0n) is 13.7. The van der Waals surface area contributed by atoms with Crippen LogP contribution in [0.2, 0.25) is 0 Å². The Morgan fingerprint density at radius 2 is 1.81 bits per heavy atom. The predicted octanol–water partition coefficient (Wildman–Crippen LogP) is 3.37. The summed E-state index contributed by atoms with van der Waals surface area (Å²) in [5, 5.41) is 13.3. The van der Waals surface area contributed by atoms with Crippen molar-refractivity contribution in [3.8, 4) is 0 Å². The lowest BCUT2D eigenvalue weighted by atomic mass is 10.0. The molecule has 0 saturated heterocycles. The minimum absolute atomic E-state index is 0.376. The Morgan fingerprint density at radius 1 is 1.10 bits per heavy atom. The van der Waals surface area contributed by atoms with Gasteiger partial charge in [0, 0.05) is 12.6 Å². The van der Waals surface area contributed by atoms with Crippen LogP contribution < -0.4 is 5.32 Å². The van der Waals surface area contributed by atoms with Gasteiger partial charge < -0.3 is 15.2 Å². The van der Waals surface area contributed by atoms with Gasteiger partial charge in [0.15, 0.2) is 0 Å². The van der Waals surface area contributed by atoms with Crippen LogP contribution in [0.3, 0.4) is 0 Å². The Morgan fingerprint density at radius 3 is 2.48 bits per heavy atom. The molecule has 0 radical (unpaired) electrons. The van der Waals surface area contributed by atoms with Crippen molar-refractivity contribution in [1.82, 2.24) is 5.32 Å². The van der Waals surface area contributed by atoms with Crippen LogP contribution in [0.15, 0.2) is 30.3 Å². The first-order chi connectivity index (χ1) is 10.1. The molecule has 2 unspecified atom stereocenters. The van der Waals surface area contributed by atoms with E-state index in [-0.39, 0.29) is 0 Å². The molecule has 3 heteroatoms. The van der Waals surface area contributed by atoms with Gasteiger partial charge in [0.25, 0.3) is 0 Å². The molecule has 0 aromatic heterocycles. The van der Waals surface area contributed by atoms with Gasteiger partial charge >= 0.3 is 0 Å². The van der Waals surface area contributed by atoms with E-state index in [1.54, 1.807) is 0 Å². The molecule has 0 amide bonds. The first-order valence-corrected chi connectivity index (χ1v) is 8.11. The third kappa shape index (κ3) is 9.62. The Hall–Kier alpha value is -0.900. The highest BCUT2D eigenvalue weighted by molar-refractivity contribution is 5.13. The van der Waals surface area contributed by atoms with E-state index in [2.05, 4.69) is 26.1 Å². The van der Waals surface area contributed by atoms with E-state index >= 15 is 0 Å². The van der Waals surface area contributed by atoms with Gasteiger partial charge in [-0.15, -0.1) is 0 Å². The molecule has 0 aliphatic rings. The van der Waals surface area contributed by atoms with E-state index in [4.69, 9.17) is 4.74 Å². The lowest BCUT2D eigenvalue weighted by molar-refractivity contribution is 0.0277.